The summed E-state index contributed by atoms with van der Waals surface area (Å²) in [7, 11) is 0. The number of fused-ring (bicyclic) bond motifs is 2. The van der Waals surface area contributed by atoms with E-state index in [9.17, 15) is 19.2 Å². The molecule has 0 bridgehead atoms. The lowest BCUT2D eigenvalue weighted by Gasteiger charge is -2.16. The minimum Gasteiger partial charge on any atom is -0.377 e. The number of amides is 6. The number of hydrogen-bond acceptors (Lipinski definition) is 11. The van der Waals surface area contributed by atoms with Crippen LogP contribution in [-0.2, 0) is 33.3 Å². The summed E-state index contributed by atoms with van der Waals surface area (Å²) in [5, 5.41) is 18.6. The first-order valence-electron chi connectivity index (χ1n) is 17.8. The topological polar surface area (TPSA) is 187 Å². The zero-order valence-electron chi connectivity index (χ0n) is 28.5. The van der Waals surface area contributed by atoms with Crippen molar-refractivity contribution in [3.63, 3.8) is 0 Å². The smallest absolute Gasteiger partial charge is 0.315 e. The predicted molar refractivity (Wildman–Crippen MR) is 188 cm³/mol. The van der Waals surface area contributed by atoms with Crippen LogP contribution in [-0.4, -0.2) is 149 Å². The van der Waals surface area contributed by atoms with Gasteiger partial charge in [-0.25, -0.2) is 9.59 Å². The molecule has 4 heterocycles. The molecular weight excluding hydrogens is 677 g/mol. The van der Waals surface area contributed by atoms with Crippen LogP contribution >= 0.6 is 23.5 Å². The fraction of sp³-hybridized carbons (Fsp3) is 0.875. The molecular formula is C32H56N6O9S2. The van der Waals surface area contributed by atoms with Gasteiger partial charge >= 0.3 is 12.1 Å². The Morgan fingerprint density at radius 1 is 0.551 bits per heavy atom. The molecule has 4 rings (SSSR count). The zero-order chi connectivity index (χ0) is 34.5. The second-order valence-corrected chi connectivity index (χ2v) is 15.0. The lowest BCUT2D eigenvalue weighted by molar-refractivity contribution is -0.122. The van der Waals surface area contributed by atoms with E-state index in [1.807, 2.05) is 23.5 Å². The van der Waals surface area contributed by atoms with Crippen LogP contribution in [0.5, 0.6) is 0 Å². The number of nitrogens with one attached hydrogen (secondary N) is 6. The SMILES string of the molecule is O=C(CCCC[C@@H]1SC[C@@H]2NC(=O)N[C@H]21)NCCOCCOCCOCCOCCOCCNC(=O)CCCC[C@H]1SC[C@H]2NC(=O)N[C@@H]21. The lowest BCUT2D eigenvalue weighted by Crippen LogP contribution is -2.36. The number of unbranched alkanes of at least 4 members (excludes halogenated alkanes) is 2. The van der Waals surface area contributed by atoms with E-state index >= 15 is 0 Å². The van der Waals surface area contributed by atoms with Crippen molar-refractivity contribution in [2.45, 2.75) is 86.0 Å². The van der Waals surface area contributed by atoms with Crippen LogP contribution in [0.25, 0.3) is 0 Å². The van der Waals surface area contributed by atoms with Crippen LogP contribution in [0.3, 0.4) is 0 Å². The van der Waals surface area contributed by atoms with Gasteiger partial charge in [-0.15, -0.1) is 0 Å². The number of urea groups is 2. The molecule has 4 fully saturated rings. The molecule has 0 aromatic rings. The van der Waals surface area contributed by atoms with Gasteiger partial charge in [-0.3, -0.25) is 9.59 Å². The van der Waals surface area contributed by atoms with Gasteiger partial charge in [0.1, 0.15) is 0 Å². The summed E-state index contributed by atoms with van der Waals surface area (Å²) in [6, 6.07) is 0.805. The van der Waals surface area contributed by atoms with Gasteiger partial charge in [-0.05, 0) is 25.7 Å². The van der Waals surface area contributed by atoms with E-state index in [2.05, 4.69) is 31.9 Å². The van der Waals surface area contributed by atoms with Crippen LogP contribution in [0, 0.1) is 0 Å². The van der Waals surface area contributed by atoms with E-state index in [0.29, 0.717) is 102 Å². The molecule has 0 radical (unpaired) electrons. The minimum atomic E-state index is -0.0622. The third-order valence-corrected chi connectivity index (χ3v) is 11.8. The molecule has 6 amide bonds. The van der Waals surface area contributed by atoms with Crippen molar-refractivity contribution in [1.82, 2.24) is 31.9 Å². The second kappa shape index (κ2) is 23.5. The van der Waals surface area contributed by atoms with Gasteiger partial charge in [-0.2, -0.15) is 23.5 Å². The van der Waals surface area contributed by atoms with E-state index in [1.165, 1.54) is 0 Å². The standard InChI is InChI=1S/C32H56N6O9S2/c39-27(7-3-1-5-25-29-23(21-48-25)35-31(41)37-29)33-9-11-43-13-15-45-17-19-47-20-18-46-16-14-44-12-10-34-28(40)8-4-2-6-26-30-24(22-49-26)36-32(42)38-30/h23-26,29-30H,1-22H2,(H,33,39)(H,34,40)(H2,35,37,41)(H2,36,38,42)/t23-,24+,25-,26+,29+,30-. The Kier molecular flexibility index (Phi) is 19.0. The van der Waals surface area contributed by atoms with Crippen LogP contribution in [0.15, 0.2) is 0 Å². The van der Waals surface area contributed by atoms with Crippen molar-refractivity contribution in [2.75, 3.05) is 90.7 Å². The summed E-state index contributed by atoms with van der Waals surface area (Å²) in [5.74, 6) is 2.00. The number of carbonyl (C=O) groups excluding carboxylic acids is 4. The minimum absolute atomic E-state index is 0.0400. The highest BCUT2D eigenvalue weighted by Gasteiger charge is 2.43. The Bertz CT molecular complexity index is 942. The molecule has 0 saturated carbocycles. The summed E-state index contributed by atoms with van der Waals surface area (Å²) in [4.78, 5) is 47.0. The largest absolute Gasteiger partial charge is 0.377 e. The Balaban J connectivity index is 0.794. The quantitative estimate of drug-likeness (QED) is 0.0493. The fourth-order valence-corrected chi connectivity index (χ4v) is 9.32. The molecule has 4 saturated heterocycles. The van der Waals surface area contributed by atoms with Crippen molar-refractivity contribution < 1.29 is 42.9 Å². The molecule has 4 aliphatic rings. The molecule has 0 spiro atoms. The second-order valence-electron chi connectivity index (χ2n) is 12.5. The molecule has 6 N–H and O–H groups in total. The maximum Gasteiger partial charge on any atom is 0.315 e. The number of rotatable bonds is 28. The maximum absolute atomic E-state index is 12.0. The van der Waals surface area contributed by atoms with E-state index in [-0.39, 0.29) is 48.0 Å². The van der Waals surface area contributed by atoms with Crippen molar-refractivity contribution in [3.8, 4) is 0 Å². The average Bonchev–Trinajstić information content (AvgIpc) is 3.84. The normalized spacial score (nSPS) is 25.3. The van der Waals surface area contributed by atoms with Gasteiger partial charge in [0.15, 0.2) is 0 Å². The van der Waals surface area contributed by atoms with Gasteiger partial charge in [0.25, 0.3) is 0 Å². The molecule has 0 aliphatic carbocycles. The lowest BCUT2D eigenvalue weighted by atomic mass is 10.0. The van der Waals surface area contributed by atoms with Gasteiger partial charge in [0.05, 0.1) is 90.2 Å². The first-order chi connectivity index (χ1) is 24.0. The third-order valence-electron chi connectivity index (χ3n) is 8.79. The number of ether oxygens (including phenoxy) is 5. The predicted octanol–water partition coefficient (Wildman–Crippen LogP) is 0.753. The summed E-state index contributed by atoms with van der Waals surface area (Å²) in [6.45, 7) is 5.56. The van der Waals surface area contributed by atoms with Gasteiger partial charge in [-0.1, -0.05) is 12.8 Å². The Morgan fingerprint density at radius 2 is 0.918 bits per heavy atom. The van der Waals surface area contributed by atoms with E-state index in [1.54, 1.807) is 0 Å². The van der Waals surface area contributed by atoms with Crippen molar-refractivity contribution >= 4 is 47.4 Å². The van der Waals surface area contributed by atoms with E-state index < -0.39 is 0 Å². The molecule has 0 aromatic heterocycles. The fourth-order valence-electron chi connectivity index (χ4n) is 6.23. The highest BCUT2D eigenvalue weighted by molar-refractivity contribution is 8.00. The number of hydrogen-bond donors (Lipinski definition) is 6. The van der Waals surface area contributed by atoms with Crippen LogP contribution < -0.4 is 31.9 Å². The third kappa shape index (κ3) is 15.4. The van der Waals surface area contributed by atoms with E-state index in [4.69, 9.17) is 23.7 Å². The van der Waals surface area contributed by atoms with Gasteiger partial charge in [0.2, 0.25) is 11.8 Å². The number of thioether (sulfide) groups is 2. The first-order valence-corrected chi connectivity index (χ1v) is 19.9. The molecule has 15 nitrogen and oxygen atoms in total. The van der Waals surface area contributed by atoms with Crippen LogP contribution in [0.2, 0.25) is 0 Å². The Morgan fingerprint density at radius 3 is 1.31 bits per heavy atom. The van der Waals surface area contributed by atoms with Crippen molar-refractivity contribution in [1.29, 1.82) is 0 Å². The summed E-state index contributed by atoms with van der Waals surface area (Å²) in [5.41, 5.74) is 0. The van der Waals surface area contributed by atoms with Crippen molar-refractivity contribution in [2.24, 2.45) is 0 Å². The Labute approximate surface area is 298 Å². The maximum atomic E-state index is 12.0. The van der Waals surface area contributed by atoms with Gasteiger partial charge in [0, 0.05) is 47.9 Å². The highest BCUT2D eigenvalue weighted by Crippen LogP contribution is 2.34. The molecule has 0 unspecified atom stereocenters. The first kappa shape index (κ1) is 39.8. The molecule has 280 valence electrons. The molecule has 49 heavy (non-hydrogen) atoms. The van der Waals surface area contributed by atoms with Crippen LogP contribution in [0.1, 0.15) is 51.4 Å². The summed E-state index contributed by atoms with van der Waals surface area (Å²) >= 11 is 3.80. The number of carbonyl (C=O) groups is 4. The Hall–Kier alpha value is -2.02. The molecule has 6 atom stereocenters. The highest BCUT2D eigenvalue weighted by atomic mass is 32.2. The van der Waals surface area contributed by atoms with Crippen molar-refractivity contribution in [3.05, 3.63) is 0 Å². The molecule has 4 aliphatic heterocycles. The summed E-state index contributed by atoms with van der Waals surface area (Å²) in [6.07, 6.45) is 6.65. The molecule has 0 aromatic carbocycles. The van der Waals surface area contributed by atoms with Crippen LogP contribution in [0.4, 0.5) is 9.59 Å². The molecule has 17 heteroatoms. The van der Waals surface area contributed by atoms with E-state index in [0.717, 1.165) is 50.0 Å². The van der Waals surface area contributed by atoms with Gasteiger partial charge < -0.3 is 55.6 Å². The average molecular weight is 733 g/mol. The summed E-state index contributed by atoms with van der Waals surface area (Å²) < 4.78 is 27.5. The monoisotopic (exact) mass is 732 g/mol. The zero-order valence-corrected chi connectivity index (χ0v) is 30.1.